The van der Waals surface area contributed by atoms with Gasteiger partial charge < -0.3 is 5.32 Å². The van der Waals surface area contributed by atoms with Gasteiger partial charge in [0, 0.05) is 18.7 Å². The zero-order valence-electron chi connectivity index (χ0n) is 44.4. The van der Waals surface area contributed by atoms with E-state index in [-0.39, 0.29) is 0 Å². The Labute approximate surface area is 400 Å². The summed E-state index contributed by atoms with van der Waals surface area (Å²) in [4.78, 5) is 0. The van der Waals surface area contributed by atoms with Crippen LogP contribution in [0.2, 0.25) is 0 Å². The van der Waals surface area contributed by atoms with E-state index >= 15 is 0 Å². The van der Waals surface area contributed by atoms with E-state index in [1.54, 1.807) is 24.3 Å². The van der Waals surface area contributed by atoms with Crippen molar-refractivity contribution < 1.29 is 0 Å². The number of anilines is 1. The van der Waals surface area contributed by atoms with Crippen LogP contribution in [0, 0.1) is 5.92 Å². The van der Waals surface area contributed by atoms with E-state index in [2.05, 4.69) is 163 Å². The number of rotatable bonds is 16. The van der Waals surface area contributed by atoms with Gasteiger partial charge in [-0.05, 0) is 127 Å². The highest BCUT2D eigenvalue weighted by Crippen LogP contribution is 2.23. The average molecular weight is 870 g/mol. The van der Waals surface area contributed by atoms with Gasteiger partial charge in [-0.25, -0.2) is 0 Å². The Balaban J connectivity index is -0.000000123. The van der Waals surface area contributed by atoms with Crippen LogP contribution in [0.25, 0.3) is 0 Å². The van der Waals surface area contributed by atoms with Gasteiger partial charge in [0.15, 0.2) is 0 Å². The third-order valence-corrected chi connectivity index (χ3v) is 7.77. The van der Waals surface area contributed by atoms with Gasteiger partial charge in [-0.2, -0.15) is 0 Å². The number of hydrogen-bond acceptors (Lipinski definition) is 1. The first-order valence-corrected chi connectivity index (χ1v) is 23.3. The molecule has 1 aliphatic rings. The molecule has 2 rings (SSSR count). The number of allylic oxidation sites excluding steroid dienone is 29. The molecule has 1 unspecified atom stereocenters. The van der Waals surface area contributed by atoms with E-state index in [9.17, 15) is 0 Å². The van der Waals surface area contributed by atoms with Crippen molar-refractivity contribution in [1.82, 2.24) is 0 Å². The highest BCUT2D eigenvalue weighted by Gasteiger charge is 2.04. The van der Waals surface area contributed by atoms with Crippen LogP contribution in [0.4, 0.5) is 5.69 Å². The van der Waals surface area contributed by atoms with Crippen LogP contribution >= 0.6 is 0 Å². The van der Waals surface area contributed by atoms with Crippen molar-refractivity contribution in [3.63, 3.8) is 0 Å². The molecular formula is C63H99N. The van der Waals surface area contributed by atoms with Crippen molar-refractivity contribution in [2.75, 3.05) is 12.4 Å². The summed E-state index contributed by atoms with van der Waals surface area (Å²) in [5, 5.41) is 3.12. The first-order chi connectivity index (χ1) is 31.0. The lowest BCUT2D eigenvalue weighted by Crippen LogP contribution is -1.96. The van der Waals surface area contributed by atoms with E-state index in [1.165, 1.54) is 22.4 Å². The largest absolute Gasteiger partial charge is 0.388 e. The normalized spacial score (nSPS) is 12.7. The molecule has 0 radical (unpaired) electrons. The predicted molar refractivity (Wildman–Crippen MR) is 308 cm³/mol. The Morgan fingerprint density at radius 3 is 1.72 bits per heavy atom. The van der Waals surface area contributed by atoms with Crippen LogP contribution < -0.4 is 5.32 Å². The summed E-state index contributed by atoms with van der Waals surface area (Å²) in [5.41, 5.74) is 9.30. The molecule has 1 atom stereocenters. The second-order valence-corrected chi connectivity index (χ2v) is 12.6. The van der Waals surface area contributed by atoms with Gasteiger partial charge >= 0.3 is 0 Å². The second-order valence-electron chi connectivity index (χ2n) is 12.6. The van der Waals surface area contributed by atoms with Crippen LogP contribution in [0.15, 0.2) is 244 Å². The van der Waals surface area contributed by atoms with Crippen molar-refractivity contribution in [1.29, 1.82) is 0 Å². The maximum absolute atomic E-state index is 3.94. The minimum Gasteiger partial charge on any atom is -0.388 e. The predicted octanol–water partition coefficient (Wildman–Crippen LogP) is 20.9. The zero-order valence-corrected chi connectivity index (χ0v) is 44.4. The summed E-state index contributed by atoms with van der Waals surface area (Å²) in [6.45, 7) is 56.3. The first-order valence-electron chi connectivity index (χ1n) is 23.3. The van der Waals surface area contributed by atoms with Crippen molar-refractivity contribution in [2.45, 2.75) is 130 Å². The summed E-state index contributed by atoms with van der Waals surface area (Å²) in [7, 11) is 1.94. The first kappa shape index (κ1) is 72.8. The van der Waals surface area contributed by atoms with Gasteiger partial charge in [0.05, 0.1) is 0 Å². The standard InChI is InChI=1S/C16H20.C11H15N.C11H18.C9H12.C7H10.C3H6.3C2H6/c1-7-11-15(12-8-2)16(10-4)14(6)13(5)9-3;1-3-4-6-10-7-5-8-11(9-10)12-2;1-4-7-8-10-11(6-3)9-5-2;1-8(2)9-6-4-3-5-7-9;1-3-5-7-6-4-2;1-3-2;3*1-2/h7-12H,1,3-5H2,2,6H3;3-5,7-9,12H,6H2,1-2H3;5-9H,4,10H2,1-3H3;3-6,9H,1,7H2,2H3;3-7H,1H2,2H3;3H,1H2,2H3;3*1-2H3/b12-8-,15-11+,16-14-;4-3-;8-7-,9-5-,11-6+;;6-4-,7-5-;;;;. The second kappa shape index (κ2) is 64.0. The SMILES string of the molecule is C/C=C\C(=C/C)C/C=C\CC.C/C=C\Cc1cccc(NC)c1.C=C(C)C1C=CC=CC1.C=C/C=C(\C=C/C)C(/C=C)=C(/C)C(=C)C=C.C=C/C=C\C=C/C.C=CC.CC.CC.CC. The summed E-state index contributed by atoms with van der Waals surface area (Å²) < 4.78 is 0. The zero-order chi connectivity index (χ0) is 50.8. The number of hydrogen-bond donors (Lipinski definition) is 1. The van der Waals surface area contributed by atoms with Gasteiger partial charge in [-0.3, -0.25) is 0 Å². The molecule has 1 heteroatoms. The molecule has 0 bridgehead atoms. The van der Waals surface area contributed by atoms with Gasteiger partial charge in [-0.15, -0.1) is 6.58 Å². The van der Waals surface area contributed by atoms with Gasteiger partial charge in [0.25, 0.3) is 0 Å². The van der Waals surface area contributed by atoms with Crippen molar-refractivity contribution >= 4 is 5.69 Å². The number of benzene rings is 1. The quantitative estimate of drug-likeness (QED) is 0.129. The van der Waals surface area contributed by atoms with E-state index in [0.29, 0.717) is 5.92 Å². The molecule has 0 heterocycles. The molecule has 356 valence electrons. The molecule has 64 heavy (non-hydrogen) atoms. The van der Waals surface area contributed by atoms with Crippen LogP contribution in [-0.2, 0) is 6.42 Å². The molecule has 0 aliphatic heterocycles. The van der Waals surface area contributed by atoms with Gasteiger partial charge in [0.1, 0.15) is 0 Å². The fourth-order valence-electron chi connectivity index (χ4n) is 4.55. The molecule has 0 saturated carbocycles. The topological polar surface area (TPSA) is 12.0 Å². The van der Waals surface area contributed by atoms with E-state index in [4.69, 9.17) is 0 Å². The molecule has 0 aromatic heterocycles. The molecule has 1 nitrogen and oxygen atoms in total. The Hall–Kier alpha value is -5.66. The number of nitrogens with one attached hydrogen (secondary N) is 1. The molecule has 0 saturated heterocycles. The third kappa shape index (κ3) is 50.7. The smallest absolute Gasteiger partial charge is 0.0340 e. The van der Waals surface area contributed by atoms with Crippen LogP contribution in [0.1, 0.15) is 129 Å². The van der Waals surface area contributed by atoms with E-state index in [0.717, 1.165) is 48.0 Å². The molecular weight excluding hydrogens is 771 g/mol. The van der Waals surface area contributed by atoms with Crippen LogP contribution in [-0.4, -0.2) is 7.05 Å². The Morgan fingerprint density at radius 2 is 1.33 bits per heavy atom. The molecule has 1 aromatic rings. The lowest BCUT2D eigenvalue weighted by atomic mass is 9.95. The van der Waals surface area contributed by atoms with E-state index < -0.39 is 0 Å². The monoisotopic (exact) mass is 870 g/mol. The maximum atomic E-state index is 3.94. The third-order valence-electron chi connectivity index (χ3n) is 7.77. The summed E-state index contributed by atoms with van der Waals surface area (Å²) in [6, 6.07) is 8.45. The summed E-state index contributed by atoms with van der Waals surface area (Å²) >= 11 is 0. The summed E-state index contributed by atoms with van der Waals surface area (Å²) in [5.74, 6) is 0.593. The molecule has 1 aromatic carbocycles. The lowest BCUT2D eigenvalue weighted by molar-refractivity contribution is 0.770. The molecule has 0 spiro atoms. The fraction of sp³-hybridized carbons (Fsp3) is 0.333. The maximum Gasteiger partial charge on any atom is 0.0340 e. The van der Waals surface area contributed by atoms with Crippen molar-refractivity contribution in [3.05, 3.63) is 249 Å². The highest BCUT2D eigenvalue weighted by atomic mass is 14.8. The van der Waals surface area contributed by atoms with Crippen molar-refractivity contribution in [3.8, 4) is 0 Å². The Morgan fingerprint density at radius 1 is 0.719 bits per heavy atom. The van der Waals surface area contributed by atoms with E-state index in [1.807, 2.05) is 139 Å². The molecule has 0 fully saturated rings. The van der Waals surface area contributed by atoms with Crippen LogP contribution in [0.3, 0.4) is 0 Å². The molecule has 1 N–H and O–H groups in total. The fourth-order valence-corrected chi connectivity index (χ4v) is 4.55. The summed E-state index contributed by atoms with van der Waals surface area (Å²) in [6.07, 6.45) is 50.5. The average Bonchev–Trinajstić information content (AvgIpc) is 3.34. The molecule has 0 amide bonds. The highest BCUT2D eigenvalue weighted by molar-refractivity contribution is 5.55. The van der Waals surface area contributed by atoms with Crippen molar-refractivity contribution in [2.24, 2.45) is 5.92 Å². The van der Waals surface area contributed by atoms with Gasteiger partial charge in [-0.1, -0.05) is 245 Å². The lowest BCUT2D eigenvalue weighted by Gasteiger charge is -2.11. The van der Waals surface area contributed by atoms with Crippen LogP contribution in [0.5, 0.6) is 0 Å². The minimum absolute atomic E-state index is 0.593. The Bertz CT molecular complexity index is 1640. The van der Waals surface area contributed by atoms with Gasteiger partial charge in [0.2, 0.25) is 0 Å². The molecule has 1 aliphatic carbocycles. The minimum atomic E-state index is 0.593. The Kier molecular flexibility index (Phi) is 72.7.